The van der Waals surface area contributed by atoms with Crippen molar-refractivity contribution < 1.29 is 4.74 Å². The average molecular weight is 354 g/mol. The molecular weight excluding hydrogens is 338 g/mol. The van der Waals surface area contributed by atoms with E-state index in [0.29, 0.717) is 13.2 Å². The van der Waals surface area contributed by atoms with Crippen molar-refractivity contribution in [2.24, 2.45) is 0 Å². The summed E-state index contributed by atoms with van der Waals surface area (Å²) in [4.78, 5) is 0. The molecule has 0 N–H and O–H groups in total. The Labute approximate surface area is 131 Å². The van der Waals surface area contributed by atoms with Crippen LogP contribution in [0.1, 0.15) is 0 Å². The lowest BCUT2D eigenvalue weighted by molar-refractivity contribution is 0.218. The fourth-order valence-corrected chi connectivity index (χ4v) is 2.83. The van der Waals surface area contributed by atoms with Crippen molar-refractivity contribution in [2.45, 2.75) is 11.7 Å². The molecule has 2 aromatic rings. The van der Waals surface area contributed by atoms with Gasteiger partial charge in [0.2, 0.25) is 0 Å². The van der Waals surface area contributed by atoms with Crippen LogP contribution in [-0.4, -0.2) is 34.2 Å². The Morgan fingerprint density at radius 3 is 2.75 bits per heavy atom. The maximum Gasteiger partial charge on any atom is 0.191 e. The first kappa shape index (κ1) is 15.3. The highest BCUT2D eigenvalue weighted by molar-refractivity contribution is 9.10. The minimum Gasteiger partial charge on any atom is -0.384 e. The largest absolute Gasteiger partial charge is 0.384 e. The van der Waals surface area contributed by atoms with E-state index < -0.39 is 0 Å². The second-order valence-corrected chi connectivity index (χ2v) is 6.03. The molecule has 2 rings (SSSR count). The summed E-state index contributed by atoms with van der Waals surface area (Å²) in [6.45, 7) is 5.19. The predicted octanol–water partition coefficient (Wildman–Crippen LogP) is 3.63. The Balaban J connectivity index is 2.28. The zero-order valence-corrected chi connectivity index (χ0v) is 13.7. The molecule has 1 aromatic carbocycles. The standard InChI is InChI=1S/C14H16BrN3OS/c1-3-8-18-13(11-4-6-12(15)7-5-11)16-17-14(18)20-10-9-19-2/h3-7H,1,8-10H2,2H3. The normalized spacial score (nSPS) is 10.7. The molecule has 4 nitrogen and oxygen atoms in total. The van der Waals surface area contributed by atoms with E-state index in [4.69, 9.17) is 4.74 Å². The maximum atomic E-state index is 5.06. The fraction of sp³-hybridized carbons (Fsp3) is 0.286. The third kappa shape index (κ3) is 3.71. The summed E-state index contributed by atoms with van der Waals surface area (Å²) in [5.41, 5.74) is 1.04. The molecule has 0 atom stereocenters. The topological polar surface area (TPSA) is 39.9 Å². The van der Waals surface area contributed by atoms with Crippen molar-refractivity contribution in [3.05, 3.63) is 41.4 Å². The summed E-state index contributed by atoms with van der Waals surface area (Å²) in [7, 11) is 1.70. The van der Waals surface area contributed by atoms with Crippen LogP contribution in [0.3, 0.4) is 0 Å². The lowest BCUT2D eigenvalue weighted by Crippen LogP contribution is -2.02. The zero-order chi connectivity index (χ0) is 14.4. The van der Waals surface area contributed by atoms with Gasteiger partial charge in [0.05, 0.1) is 6.61 Å². The Hall–Kier alpha value is -1.11. The predicted molar refractivity (Wildman–Crippen MR) is 86.0 cm³/mol. The van der Waals surface area contributed by atoms with Crippen LogP contribution >= 0.6 is 27.7 Å². The smallest absolute Gasteiger partial charge is 0.191 e. The highest BCUT2D eigenvalue weighted by Crippen LogP contribution is 2.25. The molecule has 0 aliphatic heterocycles. The summed E-state index contributed by atoms with van der Waals surface area (Å²) in [6.07, 6.45) is 1.85. The quantitative estimate of drug-likeness (QED) is 0.432. The van der Waals surface area contributed by atoms with E-state index in [9.17, 15) is 0 Å². The Kier molecular flexibility index (Phi) is 5.82. The van der Waals surface area contributed by atoms with Crippen LogP contribution < -0.4 is 0 Å². The summed E-state index contributed by atoms with van der Waals surface area (Å²) < 4.78 is 8.18. The molecule has 0 aliphatic carbocycles. The van der Waals surface area contributed by atoms with Crippen molar-refractivity contribution >= 4 is 27.7 Å². The summed E-state index contributed by atoms with van der Waals surface area (Å²) >= 11 is 5.08. The van der Waals surface area contributed by atoms with Gasteiger partial charge in [-0.05, 0) is 12.1 Å². The lowest BCUT2D eigenvalue weighted by atomic mass is 10.2. The molecule has 0 radical (unpaired) electrons. The van der Waals surface area contributed by atoms with Gasteiger partial charge in [0.25, 0.3) is 0 Å². The van der Waals surface area contributed by atoms with Gasteiger partial charge >= 0.3 is 0 Å². The van der Waals surface area contributed by atoms with Crippen molar-refractivity contribution in [1.29, 1.82) is 0 Å². The molecule has 1 aromatic heterocycles. The van der Waals surface area contributed by atoms with Crippen LogP contribution in [0, 0.1) is 0 Å². The van der Waals surface area contributed by atoms with Gasteiger partial charge in [-0.2, -0.15) is 0 Å². The van der Waals surface area contributed by atoms with Gasteiger partial charge in [0, 0.05) is 29.4 Å². The van der Waals surface area contributed by atoms with Crippen LogP contribution in [0.25, 0.3) is 11.4 Å². The third-order valence-electron chi connectivity index (χ3n) is 2.65. The van der Waals surface area contributed by atoms with Crippen LogP contribution in [0.2, 0.25) is 0 Å². The first-order chi connectivity index (χ1) is 9.76. The summed E-state index contributed by atoms with van der Waals surface area (Å²) in [6, 6.07) is 8.05. The van der Waals surface area contributed by atoms with Crippen LogP contribution in [-0.2, 0) is 11.3 Å². The SMILES string of the molecule is C=CCn1c(SCCOC)nnc1-c1ccc(Br)cc1. The number of rotatable bonds is 7. The van der Waals surface area contributed by atoms with E-state index in [0.717, 1.165) is 26.8 Å². The van der Waals surface area contributed by atoms with Crippen molar-refractivity contribution in [3.8, 4) is 11.4 Å². The molecule has 0 bridgehead atoms. The van der Waals surface area contributed by atoms with Crippen LogP contribution in [0.4, 0.5) is 0 Å². The van der Waals surface area contributed by atoms with E-state index in [1.807, 2.05) is 30.3 Å². The Morgan fingerprint density at radius 2 is 2.10 bits per heavy atom. The van der Waals surface area contributed by atoms with Gasteiger partial charge in [-0.3, -0.25) is 4.57 Å². The van der Waals surface area contributed by atoms with Gasteiger partial charge in [-0.1, -0.05) is 45.9 Å². The van der Waals surface area contributed by atoms with Gasteiger partial charge < -0.3 is 4.74 Å². The van der Waals surface area contributed by atoms with Gasteiger partial charge in [-0.25, -0.2) is 0 Å². The lowest BCUT2D eigenvalue weighted by Gasteiger charge is -2.07. The number of ether oxygens (including phenoxy) is 1. The molecule has 0 spiro atoms. The number of methoxy groups -OCH3 is 1. The number of hydrogen-bond donors (Lipinski definition) is 0. The number of halogens is 1. The highest BCUT2D eigenvalue weighted by Gasteiger charge is 2.13. The van der Waals surface area contributed by atoms with Gasteiger partial charge in [0.1, 0.15) is 0 Å². The molecule has 0 fully saturated rings. The first-order valence-electron chi connectivity index (χ1n) is 6.18. The Bertz CT molecular complexity index is 568. The van der Waals surface area contributed by atoms with E-state index in [1.165, 1.54) is 0 Å². The maximum absolute atomic E-state index is 5.06. The molecular formula is C14H16BrN3OS. The first-order valence-corrected chi connectivity index (χ1v) is 7.96. The Morgan fingerprint density at radius 1 is 1.35 bits per heavy atom. The molecule has 6 heteroatoms. The van der Waals surface area contributed by atoms with Crippen LogP contribution in [0.15, 0.2) is 46.5 Å². The average Bonchev–Trinajstić information content (AvgIpc) is 2.84. The number of allylic oxidation sites excluding steroid dienone is 1. The van der Waals surface area contributed by atoms with E-state index in [-0.39, 0.29) is 0 Å². The molecule has 0 saturated heterocycles. The number of hydrogen-bond acceptors (Lipinski definition) is 4. The highest BCUT2D eigenvalue weighted by atomic mass is 79.9. The minimum absolute atomic E-state index is 0.688. The summed E-state index contributed by atoms with van der Waals surface area (Å²) in [5, 5.41) is 9.46. The molecule has 20 heavy (non-hydrogen) atoms. The molecule has 106 valence electrons. The number of benzene rings is 1. The molecule has 0 amide bonds. The molecule has 0 aliphatic rings. The van der Waals surface area contributed by atoms with E-state index in [1.54, 1.807) is 18.9 Å². The van der Waals surface area contributed by atoms with Gasteiger partial charge in [-0.15, -0.1) is 16.8 Å². The van der Waals surface area contributed by atoms with Crippen molar-refractivity contribution in [1.82, 2.24) is 14.8 Å². The molecule has 0 saturated carbocycles. The monoisotopic (exact) mass is 353 g/mol. The number of nitrogens with zero attached hydrogens (tertiary/aromatic N) is 3. The molecule has 0 unspecified atom stereocenters. The van der Waals surface area contributed by atoms with Gasteiger partial charge in [0.15, 0.2) is 11.0 Å². The zero-order valence-electron chi connectivity index (χ0n) is 11.3. The summed E-state index contributed by atoms with van der Waals surface area (Å²) in [5.74, 6) is 1.71. The van der Waals surface area contributed by atoms with E-state index in [2.05, 4.69) is 37.3 Å². The van der Waals surface area contributed by atoms with Crippen molar-refractivity contribution in [3.63, 3.8) is 0 Å². The third-order valence-corrected chi connectivity index (χ3v) is 4.11. The minimum atomic E-state index is 0.688. The fourth-order valence-electron chi connectivity index (χ4n) is 1.72. The molecule has 1 heterocycles. The second kappa shape index (κ2) is 7.61. The van der Waals surface area contributed by atoms with E-state index >= 15 is 0 Å². The number of aromatic nitrogens is 3. The van der Waals surface area contributed by atoms with Crippen LogP contribution in [0.5, 0.6) is 0 Å². The second-order valence-electron chi connectivity index (χ2n) is 4.05. The number of thioether (sulfide) groups is 1. The van der Waals surface area contributed by atoms with Crippen molar-refractivity contribution in [2.75, 3.05) is 19.5 Å².